The van der Waals surface area contributed by atoms with Crippen LogP contribution in [0.4, 0.5) is 0 Å². The summed E-state index contributed by atoms with van der Waals surface area (Å²) in [7, 11) is 0. The molecule has 1 aromatic rings. The van der Waals surface area contributed by atoms with Gasteiger partial charge in [0.25, 0.3) is 0 Å². The third-order valence-corrected chi connectivity index (χ3v) is 4.56. The van der Waals surface area contributed by atoms with E-state index in [2.05, 4.69) is 10.6 Å². The van der Waals surface area contributed by atoms with Crippen LogP contribution in [0, 0.1) is 5.92 Å². The van der Waals surface area contributed by atoms with Gasteiger partial charge in [0.1, 0.15) is 11.8 Å². The van der Waals surface area contributed by atoms with Gasteiger partial charge in [0, 0.05) is 0 Å². The molecule has 0 aliphatic carbocycles. The van der Waals surface area contributed by atoms with Gasteiger partial charge in [-0.1, -0.05) is 25.0 Å². The summed E-state index contributed by atoms with van der Waals surface area (Å²) in [6.45, 7) is 3.01. The highest BCUT2D eigenvalue weighted by atomic mass is 16.4. The summed E-state index contributed by atoms with van der Waals surface area (Å²) in [5.41, 5.74) is 0.914. The third-order valence-electron chi connectivity index (χ3n) is 4.56. The lowest BCUT2D eigenvalue weighted by atomic mass is 9.92. The zero-order valence-corrected chi connectivity index (χ0v) is 13.6. The summed E-state index contributed by atoms with van der Waals surface area (Å²) in [6.07, 6.45) is 6.40. The SMILES string of the molecule is O=C(O)[C@H](Cc1ccc(O)cc1)NCCCCC1CCNCC1. The number of piperidine rings is 1. The Hall–Kier alpha value is -1.59. The lowest BCUT2D eigenvalue weighted by molar-refractivity contribution is -0.139. The molecule has 1 heterocycles. The van der Waals surface area contributed by atoms with Crippen molar-refractivity contribution in [3.8, 4) is 5.75 Å². The molecule has 0 bridgehead atoms. The maximum absolute atomic E-state index is 11.4. The van der Waals surface area contributed by atoms with Gasteiger partial charge in [0.05, 0.1) is 0 Å². The van der Waals surface area contributed by atoms with Gasteiger partial charge in [-0.2, -0.15) is 0 Å². The van der Waals surface area contributed by atoms with E-state index in [-0.39, 0.29) is 5.75 Å². The van der Waals surface area contributed by atoms with Crippen molar-refractivity contribution in [1.82, 2.24) is 10.6 Å². The molecule has 0 amide bonds. The number of aliphatic carboxylic acids is 1. The standard InChI is InChI=1S/C18H28N2O3/c21-16-6-4-15(5-7-16)13-17(18(22)23)20-10-2-1-3-14-8-11-19-12-9-14/h4-7,14,17,19-21H,1-3,8-13H2,(H,22,23)/t17-/m0/s1. The number of carboxylic acids is 1. The van der Waals surface area contributed by atoms with E-state index in [1.165, 1.54) is 19.3 Å². The van der Waals surface area contributed by atoms with Crippen molar-refractivity contribution in [1.29, 1.82) is 0 Å². The van der Waals surface area contributed by atoms with Gasteiger partial charge in [-0.3, -0.25) is 4.79 Å². The summed E-state index contributed by atoms with van der Waals surface area (Å²) >= 11 is 0. The minimum atomic E-state index is -0.823. The predicted octanol–water partition coefficient (Wildman–Crippen LogP) is 2.15. The van der Waals surface area contributed by atoms with Gasteiger partial charge in [0.15, 0.2) is 0 Å². The van der Waals surface area contributed by atoms with Crippen LogP contribution < -0.4 is 10.6 Å². The van der Waals surface area contributed by atoms with E-state index >= 15 is 0 Å². The topological polar surface area (TPSA) is 81.6 Å². The number of carboxylic acid groups (broad SMARTS) is 1. The molecule has 1 atom stereocenters. The van der Waals surface area contributed by atoms with E-state index in [0.717, 1.165) is 44.0 Å². The number of phenolic OH excluding ortho intramolecular Hbond substituents is 1. The predicted molar refractivity (Wildman–Crippen MR) is 90.7 cm³/mol. The molecular weight excluding hydrogens is 292 g/mol. The van der Waals surface area contributed by atoms with Gasteiger partial charge < -0.3 is 20.8 Å². The molecule has 5 heteroatoms. The monoisotopic (exact) mass is 320 g/mol. The van der Waals surface area contributed by atoms with Crippen molar-refractivity contribution in [3.05, 3.63) is 29.8 Å². The number of phenols is 1. The van der Waals surface area contributed by atoms with Crippen LogP contribution in [0.15, 0.2) is 24.3 Å². The van der Waals surface area contributed by atoms with Crippen molar-refractivity contribution in [3.63, 3.8) is 0 Å². The zero-order valence-electron chi connectivity index (χ0n) is 13.6. The third kappa shape index (κ3) is 6.59. The van der Waals surface area contributed by atoms with Crippen LogP contribution in [0.1, 0.15) is 37.7 Å². The Balaban J connectivity index is 1.66. The van der Waals surface area contributed by atoms with E-state index in [1.54, 1.807) is 24.3 Å². The number of rotatable bonds is 9. The first kappa shape index (κ1) is 17.8. The molecule has 128 valence electrons. The highest BCUT2D eigenvalue weighted by molar-refractivity contribution is 5.73. The van der Waals surface area contributed by atoms with Gasteiger partial charge in [0.2, 0.25) is 0 Å². The van der Waals surface area contributed by atoms with Crippen LogP contribution >= 0.6 is 0 Å². The second-order valence-corrected chi connectivity index (χ2v) is 6.40. The Morgan fingerprint density at radius 3 is 2.57 bits per heavy atom. The lowest BCUT2D eigenvalue weighted by Gasteiger charge is -2.22. The normalized spacial score (nSPS) is 17.0. The van der Waals surface area contributed by atoms with Gasteiger partial charge >= 0.3 is 5.97 Å². The molecule has 0 radical (unpaired) electrons. The summed E-state index contributed by atoms with van der Waals surface area (Å²) in [6, 6.07) is 6.15. The lowest BCUT2D eigenvalue weighted by Crippen LogP contribution is -2.39. The van der Waals surface area contributed by atoms with Crippen molar-refractivity contribution in [2.24, 2.45) is 5.92 Å². The molecule has 1 aliphatic heterocycles. The van der Waals surface area contributed by atoms with Crippen LogP contribution in [0.3, 0.4) is 0 Å². The molecule has 5 nitrogen and oxygen atoms in total. The zero-order chi connectivity index (χ0) is 16.5. The molecule has 23 heavy (non-hydrogen) atoms. The molecule has 0 saturated carbocycles. The van der Waals surface area contributed by atoms with E-state index in [1.807, 2.05) is 0 Å². The Bertz CT molecular complexity index is 470. The number of hydrogen-bond acceptors (Lipinski definition) is 4. The van der Waals surface area contributed by atoms with E-state index in [4.69, 9.17) is 0 Å². The van der Waals surface area contributed by atoms with E-state index < -0.39 is 12.0 Å². The number of aromatic hydroxyl groups is 1. The molecule has 2 rings (SSSR count). The Labute approximate surface area is 138 Å². The fraction of sp³-hybridized carbons (Fsp3) is 0.611. The van der Waals surface area contributed by atoms with Gasteiger partial charge in [-0.15, -0.1) is 0 Å². The molecule has 4 N–H and O–H groups in total. The van der Waals surface area contributed by atoms with Crippen molar-refractivity contribution < 1.29 is 15.0 Å². The van der Waals surface area contributed by atoms with Crippen molar-refractivity contribution in [2.45, 2.75) is 44.6 Å². The molecule has 1 fully saturated rings. The minimum Gasteiger partial charge on any atom is -0.508 e. The van der Waals surface area contributed by atoms with Crippen molar-refractivity contribution >= 4 is 5.97 Å². The molecule has 1 aromatic carbocycles. The Morgan fingerprint density at radius 1 is 1.22 bits per heavy atom. The van der Waals surface area contributed by atoms with Gasteiger partial charge in [-0.25, -0.2) is 0 Å². The summed E-state index contributed by atoms with van der Waals surface area (Å²) in [4.78, 5) is 11.4. The smallest absolute Gasteiger partial charge is 0.321 e. The average molecular weight is 320 g/mol. The number of nitrogens with one attached hydrogen (secondary N) is 2. The first-order chi connectivity index (χ1) is 11.1. The van der Waals surface area contributed by atoms with Crippen LogP contribution in [0.25, 0.3) is 0 Å². The molecular formula is C18H28N2O3. The van der Waals surface area contributed by atoms with E-state index in [0.29, 0.717) is 6.42 Å². The maximum Gasteiger partial charge on any atom is 0.321 e. The van der Waals surface area contributed by atoms with E-state index in [9.17, 15) is 15.0 Å². The Kier molecular flexibility index (Phi) is 7.36. The van der Waals surface area contributed by atoms with Gasteiger partial charge in [-0.05, 0) is 68.9 Å². The maximum atomic E-state index is 11.4. The number of carbonyl (C=O) groups is 1. The highest BCUT2D eigenvalue weighted by Crippen LogP contribution is 2.18. The Morgan fingerprint density at radius 2 is 1.91 bits per heavy atom. The molecule has 0 spiro atoms. The summed E-state index contributed by atoms with van der Waals surface area (Å²) < 4.78 is 0. The molecule has 0 aromatic heterocycles. The number of hydrogen-bond donors (Lipinski definition) is 4. The quantitative estimate of drug-likeness (QED) is 0.524. The number of benzene rings is 1. The first-order valence-electron chi connectivity index (χ1n) is 8.60. The largest absolute Gasteiger partial charge is 0.508 e. The fourth-order valence-corrected chi connectivity index (χ4v) is 3.12. The molecule has 1 saturated heterocycles. The van der Waals surface area contributed by atoms with Crippen LogP contribution in [0.5, 0.6) is 5.75 Å². The van der Waals surface area contributed by atoms with Crippen LogP contribution in [-0.2, 0) is 11.2 Å². The average Bonchev–Trinajstić information content (AvgIpc) is 2.56. The first-order valence-corrected chi connectivity index (χ1v) is 8.60. The second-order valence-electron chi connectivity index (χ2n) is 6.40. The van der Waals surface area contributed by atoms with Crippen LogP contribution in [0.2, 0.25) is 0 Å². The molecule has 1 aliphatic rings. The summed E-state index contributed by atoms with van der Waals surface area (Å²) in [5, 5.41) is 25.1. The minimum absolute atomic E-state index is 0.200. The molecule has 0 unspecified atom stereocenters. The second kappa shape index (κ2) is 9.53. The van der Waals surface area contributed by atoms with Crippen molar-refractivity contribution in [2.75, 3.05) is 19.6 Å². The highest BCUT2D eigenvalue weighted by Gasteiger charge is 2.17. The fourth-order valence-electron chi connectivity index (χ4n) is 3.12. The number of unbranched alkanes of at least 4 members (excludes halogenated alkanes) is 1. The summed E-state index contributed by atoms with van der Waals surface area (Å²) in [5.74, 6) is 0.214. The van der Waals surface area contributed by atoms with Crippen LogP contribution in [-0.4, -0.2) is 41.9 Å².